The van der Waals surface area contributed by atoms with E-state index in [1.54, 1.807) is 36.5 Å². The number of amides is 1. The smallest absolute Gasteiger partial charge is 0.410 e. The van der Waals surface area contributed by atoms with Crippen molar-refractivity contribution in [2.45, 2.75) is 32.8 Å². The molecule has 1 atom stereocenters. The average Bonchev–Trinajstić information content (AvgIpc) is 2.68. The lowest BCUT2D eigenvalue weighted by atomic mass is 9.91. The van der Waals surface area contributed by atoms with Gasteiger partial charge in [0.25, 0.3) is 0 Å². The van der Waals surface area contributed by atoms with Gasteiger partial charge < -0.3 is 14.4 Å². The van der Waals surface area contributed by atoms with Crippen molar-refractivity contribution in [2.75, 3.05) is 13.6 Å². The van der Waals surface area contributed by atoms with E-state index in [0.717, 1.165) is 11.1 Å². The Balaban J connectivity index is 2.29. The Labute approximate surface area is 149 Å². The van der Waals surface area contributed by atoms with Crippen molar-refractivity contribution in [1.29, 1.82) is 0 Å². The van der Waals surface area contributed by atoms with Crippen LogP contribution in [-0.2, 0) is 11.2 Å². The number of hydrogen-bond donors (Lipinski definition) is 0. The normalized spacial score (nSPS) is 17.0. The molecule has 134 valence electrons. The lowest BCUT2D eigenvalue weighted by molar-refractivity contribution is 0.0281. The molecule has 0 fully saturated rings. The number of nitrogens with zero attached hydrogens (tertiary/aromatic N) is 2. The van der Waals surface area contributed by atoms with Gasteiger partial charge in [0, 0.05) is 25.7 Å². The number of fused-ring (bicyclic) bond motifs is 1. The lowest BCUT2D eigenvalue weighted by Gasteiger charge is -2.28. The minimum atomic E-state index is -0.528. The summed E-state index contributed by atoms with van der Waals surface area (Å²) in [5.74, 6) is 1.37. The second-order valence-corrected chi connectivity index (χ2v) is 7.08. The van der Waals surface area contributed by atoms with Crippen LogP contribution in [0.4, 0.5) is 4.79 Å². The molecule has 0 bridgehead atoms. The number of rotatable bonds is 4. The summed E-state index contributed by atoms with van der Waals surface area (Å²) < 4.78 is 11.4. The maximum atomic E-state index is 12.3. The summed E-state index contributed by atoms with van der Waals surface area (Å²) in [4.78, 5) is 18.0. The van der Waals surface area contributed by atoms with Crippen LogP contribution in [0.15, 0.2) is 55.1 Å². The number of ether oxygens (including phenoxy) is 2. The molecular formula is C20H26N2O3. The van der Waals surface area contributed by atoms with Crippen LogP contribution in [0.5, 0.6) is 5.75 Å². The molecule has 0 radical (unpaired) electrons. The highest BCUT2D eigenvalue weighted by atomic mass is 16.6. The van der Waals surface area contributed by atoms with Gasteiger partial charge in [0.05, 0.1) is 6.20 Å². The van der Waals surface area contributed by atoms with Crippen LogP contribution in [0.25, 0.3) is 0 Å². The predicted molar refractivity (Wildman–Crippen MR) is 98.3 cm³/mol. The summed E-state index contributed by atoms with van der Waals surface area (Å²) in [6.45, 7) is 13.8. The van der Waals surface area contributed by atoms with Crippen molar-refractivity contribution in [3.8, 4) is 5.75 Å². The topological polar surface area (TPSA) is 51.7 Å². The van der Waals surface area contributed by atoms with E-state index in [1.165, 1.54) is 0 Å². The van der Waals surface area contributed by atoms with Crippen LogP contribution in [0.1, 0.15) is 26.3 Å². The second kappa shape index (κ2) is 7.55. The molecule has 5 nitrogen and oxygen atoms in total. The maximum Gasteiger partial charge on any atom is 0.410 e. The number of pyridine rings is 1. The summed E-state index contributed by atoms with van der Waals surface area (Å²) in [5.41, 5.74) is 1.43. The van der Waals surface area contributed by atoms with E-state index in [1.807, 2.05) is 26.8 Å². The van der Waals surface area contributed by atoms with Gasteiger partial charge in [-0.3, -0.25) is 4.98 Å². The Morgan fingerprint density at radius 1 is 1.44 bits per heavy atom. The van der Waals surface area contributed by atoms with E-state index < -0.39 is 5.60 Å². The van der Waals surface area contributed by atoms with Crippen molar-refractivity contribution in [3.63, 3.8) is 0 Å². The third-order valence-electron chi connectivity index (χ3n) is 3.89. The Kier molecular flexibility index (Phi) is 5.67. The maximum absolute atomic E-state index is 12.3. The predicted octanol–water partition coefficient (Wildman–Crippen LogP) is 4.13. The molecule has 2 heterocycles. The van der Waals surface area contributed by atoms with Gasteiger partial charge in [0.15, 0.2) is 0 Å². The Bertz CT molecular complexity index is 701. The Hall–Kier alpha value is -2.56. The molecule has 0 aromatic carbocycles. The molecule has 0 aliphatic carbocycles. The van der Waals surface area contributed by atoms with Crippen molar-refractivity contribution >= 4 is 6.09 Å². The van der Waals surface area contributed by atoms with Crippen molar-refractivity contribution < 1.29 is 14.3 Å². The highest BCUT2D eigenvalue weighted by molar-refractivity contribution is 5.67. The zero-order chi connectivity index (χ0) is 18.6. The molecule has 0 N–H and O–H groups in total. The minimum absolute atomic E-state index is 0.0201. The third kappa shape index (κ3) is 4.72. The number of hydrogen-bond acceptors (Lipinski definition) is 4. The van der Waals surface area contributed by atoms with Crippen LogP contribution in [0, 0.1) is 5.92 Å². The SMILES string of the molecule is C=CC1=C(C=C)C(CN(C)C(=O)OC(C)(C)C)Cc2ccncc2O1. The van der Waals surface area contributed by atoms with Crippen molar-refractivity contribution in [2.24, 2.45) is 5.92 Å². The minimum Gasteiger partial charge on any atom is -0.455 e. The monoisotopic (exact) mass is 342 g/mol. The van der Waals surface area contributed by atoms with Crippen molar-refractivity contribution in [1.82, 2.24) is 9.88 Å². The van der Waals surface area contributed by atoms with Gasteiger partial charge in [-0.25, -0.2) is 4.79 Å². The first-order valence-electron chi connectivity index (χ1n) is 8.29. The van der Waals surface area contributed by atoms with Crippen molar-refractivity contribution in [3.05, 3.63) is 60.7 Å². The number of carbonyl (C=O) groups excluding carboxylic acids is 1. The fourth-order valence-corrected chi connectivity index (χ4v) is 2.76. The molecule has 1 unspecified atom stereocenters. The fraction of sp³-hybridized carbons (Fsp3) is 0.400. The summed E-state index contributed by atoms with van der Waals surface area (Å²) in [6, 6.07) is 1.93. The second-order valence-electron chi connectivity index (χ2n) is 7.08. The quantitative estimate of drug-likeness (QED) is 0.826. The highest BCUT2D eigenvalue weighted by Crippen LogP contribution is 2.33. The highest BCUT2D eigenvalue weighted by Gasteiger charge is 2.27. The van der Waals surface area contributed by atoms with E-state index in [-0.39, 0.29) is 12.0 Å². The van der Waals surface area contributed by atoms with Crippen LogP contribution in [0.2, 0.25) is 0 Å². The van der Waals surface area contributed by atoms with Crippen LogP contribution in [-0.4, -0.2) is 35.2 Å². The van der Waals surface area contributed by atoms with E-state index in [0.29, 0.717) is 24.5 Å². The summed E-state index contributed by atoms with van der Waals surface area (Å²) >= 11 is 0. The van der Waals surface area contributed by atoms with Gasteiger partial charge in [-0.2, -0.15) is 0 Å². The first kappa shape index (κ1) is 18.8. The van der Waals surface area contributed by atoms with E-state index in [4.69, 9.17) is 9.47 Å². The van der Waals surface area contributed by atoms with Crippen LogP contribution >= 0.6 is 0 Å². The third-order valence-corrected chi connectivity index (χ3v) is 3.89. The summed E-state index contributed by atoms with van der Waals surface area (Å²) in [5, 5.41) is 0. The molecule has 1 aromatic heterocycles. The largest absolute Gasteiger partial charge is 0.455 e. The molecule has 0 saturated heterocycles. The Morgan fingerprint density at radius 3 is 2.76 bits per heavy atom. The molecule has 0 spiro atoms. The molecule has 1 amide bonds. The van der Waals surface area contributed by atoms with Gasteiger partial charge >= 0.3 is 6.09 Å². The molecule has 1 aliphatic rings. The molecule has 1 aromatic rings. The molecule has 25 heavy (non-hydrogen) atoms. The first-order chi connectivity index (χ1) is 11.7. The van der Waals surface area contributed by atoms with Crippen LogP contribution in [0.3, 0.4) is 0 Å². The first-order valence-corrected chi connectivity index (χ1v) is 8.29. The number of aromatic nitrogens is 1. The zero-order valence-corrected chi connectivity index (χ0v) is 15.4. The van der Waals surface area contributed by atoms with Gasteiger partial charge in [-0.05, 0) is 50.5 Å². The average molecular weight is 342 g/mol. The number of carbonyl (C=O) groups is 1. The van der Waals surface area contributed by atoms with E-state index in [2.05, 4.69) is 18.1 Å². The summed E-state index contributed by atoms with van der Waals surface area (Å²) in [6.07, 6.45) is 7.23. The van der Waals surface area contributed by atoms with Crippen LogP contribution < -0.4 is 4.74 Å². The lowest BCUT2D eigenvalue weighted by Crippen LogP contribution is -2.37. The molecule has 2 rings (SSSR count). The molecular weight excluding hydrogens is 316 g/mol. The summed E-state index contributed by atoms with van der Waals surface area (Å²) in [7, 11) is 1.74. The van der Waals surface area contributed by atoms with Gasteiger partial charge in [0.1, 0.15) is 17.1 Å². The number of allylic oxidation sites excluding steroid dienone is 2. The zero-order valence-electron chi connectivity index (χ0n) is 15.4. The molecule has 5 heteroatoms. The molecule has 0 saturated carbocycles. The van der Waals surface area contributed by atoms with E-state index in [9.17, 15) is 4.79 Å². The Morgan fingerprint density at radius 2 is 2.16 bits per heavy atom. The standard InChI is InChI=1S/C20H26N2O3/c1-7-16-15(13-22(6)19(23)25-20(3,4)5)11-14-9-10-21-12-18(14)24-17(16)8-2/h7-10,12,15H,1-2,11,13H2,3-6H3. The fourth-order valence-electron chi connectivity index (χ4n) is 2.76. The van der Waals surface area contributed by atoms with Gasteiger partial charge in [-0.15, -0.1) is 0 Å². The van der Waals surface area contributed by atoms with E-state index >= 15 is 0 Å². The molecule has 1 aliphatic heterocycles. The van der Waals surface area contributed by atoms with Gasteiger partial charge in [0.2, 0.25) is 0 Å². The van der Waals surface area contributed by atoms with Gasteiger partial charge in [-0.1, -0.05) is 19.2 Å².